The molecule has 0 unspecified atom stereocenters. The summed E-state index contributed by atoms with van der Waals surface area (Å²) in [6.07, 6.45) is 0.743. The van der Waals surface area contributed by atoms with Crippen LogP contribution in [0.15, 0.2) is 29.2 Å². The highest BCUT2D eigenvalue weighted by Gasteiger charge is 2.27. The summed E-state index contributed by atoms with van der Waals surface area (Å²) in [7, 11) is -3.55. The Balaban J connectivity index is 1.50. The lowest BCUT2D eigenvalue weighted by Gasteiger charge is -2.26. The molecule has 2 aliphatic rings. The average Bonchev–Trinajstić information content (AvgIpc) is 3.01. The van der Waals surface area contributed by atoms with Crippen LogP contribution in [0.1, 0.15) is 12.8 Å². The molecule has 11 heteroatoms. The van der Waals surface area contributed by atoms with Crippen molar-refractivity contribution in [3.05, 3.63) is 24.3 Å². The Morgan fingerprint density at radius 1 is 1.21 bits per heavy atom. The Hall–Kier alpha value is -1.53. The molecule has 1 N–H and O–H groups in total. The molecule has 0 bridgehead atoms. The summed E-state index contributed by atoms with van der Waals surface area (Å²) in [6, 6.07) is 6.11. The van der Waals surface area contributed by atoms with Crippen LogP contribution >= 0.6 is 24.0 Å². The summed E-state index contributed by atoms with van der Waals surface area (Å²) in [4.78, 5) is 25.4. The molecule has 0 aromatic heterocycles. The van der Waals surface area contributed by atoms with Crippen molar-refractivity contribution in [1.82, 2.24) is 9.21 Å². The highest BCUT2D eigenvalue weighted by Crippen LogP contribution is 2.21. The molecular formula is C17H21N3O5S3. The topological polar surface area (TPSA) is 96.0 Å². The number of rotatable bonds is 7. The Morgan fingerprint density at radius 3 is 2.50 bits per heavy atom. The van der Waals surface area contributed by atoms with E-state index in [-0.39, 0.29) is 23.1 Å². The monoisotopic (exact) mass is 443 g/mol. The van der Waals surface area contributed by atoms with Crippen LogP contribution in [-0.4, -0.2) is 72.4 Å². The van der Waals surface area contributed by atoms with E-state index in [0.717, 1.165) is 0 Å². The first-order valence-electron chi connectivity index (χ1n) is 8.83. The van der Waals surface area contributed by atoms with Gasteiger partial charge in [0.15, 0.2) is 0 Å². The van der Waals surface area contributed by atoms with Gasteiger partial charge in [0, 0.05) is 31.7 Å². The Bertz CT molecular complexity index is 835. The maximum atomic E-state index is 12.6. The number of thiocarbonyl (C=S) groups is 1. The summed E-state index contributed by atoms with van der Waals surface area (Å²) in [6.45, 7) is 1.87. The lowest BCUT2D eigenvalue weighted by Crippen LogP contribution is -2.40. The van der Waals surface area contributed by atoms with Crippen molar-refractivity contribution in [1.29, 1.82) is 0 Å². The highest BCUT2D eigenvalue weighted by molar-refractivity contribution is 8.23. The van der Waals surface area contributed by atoms with E-state index in [0.29, 0.717) is 55.0 Å². The number of ether oxygens (including phenoxy) is 1. The molecule has 8 nitrogen and oxygen atoms in total. The number of benzene rings is 1. The van der Waals surface area contributed by atoms with E-state index in [2.05, 4.69) is 5.32 Å². The molecule has 2 fully saturated rings. The van der Waals surface area contributed by atoms with Crippen molar-refractivity contribution in [2.75, 3.05) is 43.9 Å². The number of morpholine rings is 1. The SMILES string of the molecule is O=C(CCCN1C(=O)CSC1=S)Nc1ccc(S(=O)(=O)N2CCOCC2)cc1. The third-order valence-corrected chi connectivity index (χ3v) is 7.72. The number of carbonyl (C=O) groups excluding carboxylic acids is 2. The number of sulfonamides is 1. The molecule has 3 rings (SSSR count). The van der Waals surface area contributed by atoms with Crippen LogP contribution in [0, 0.1) is 0 Å². The lowest BCUT2D eigenvalue weighted by atomic mass is 10.2. The largest absolute Gasteiger partial charge is 0.379 e. The van der Waals surface area contributed by atoms with E-state index in [1.807, 2.05) is 0 Å². The second-order valence-corrected chi connectivity index (χ2v) is 9.84. The van der Waals surface area contributed by atoms with Gasteiger partial charge in [-0.15, -0.1) is 0 Å². The van der Waals surface area contributed by atoms with E-state index in [1.165, 1.54) is 33.1 Å². The molecule has 28 heavy (non-hydrogen) atoms. The van der Waals surface area contributed by atoms with Crippen LogP contribution in [-0.2, 0) is 24.3 Å². The molecule has 0 saturated carbocycles. The van der Waals surface area contributed by atoms with Gasteiger partial charge in [0.05, 0.1) is 23.9 Å². The number of carbonyl (C=O) groups is 2. The maximum absolute atomic E-state index is 12.6. The average molecular weight is 444 g/mol. The molecule has 0 aliphatic carbocycles. The number of nitrogens with one attached hydrogen (secondary N) is 1. The third-order valence-electron chi connectivity index (χ3n) is 4.37. The van der Waals surface area contributed by atoms with Crippen molar-refractivity contribution in [2.45, 2.75) is 17.7 Å². The molecule has 2 saturated heterocycles. The molecule has 2 heterocycles. The van der Waals surface area contributed by atoms with Crippen molar-refractivity contribution in [3.8, 4) is 0 Å². The van der Waals surface area contributed by atoms with Gasteiger partial charge < -0.3 is 10.1 Å². The van der Waals surface area contributed by atoms with Gasteiger partial charge in [0.1, 0.15) is 4.32 Å². The quantitative estimate of drug-likeness (QED) is 0.634. The van der Waals surface area contributed by atoms with E-state index in [4.69, 9.17) is 17.0 Å². The van der Waals surface area contributed by atoms with E-state index < -0.39 is 10.0 Å². The molecular weight excluding hydrogens is 422 g/mol. The standard InChI is InChI=1S/C17H21N3O5S3/c21-15(2-1-7-20-16(22)12-27-17(20)26)18-13-3-5-14(6-4-13)28(23,24)19-8-10-25-11-9-19/h3-6H,1-2,7-12H2,(H,18,21). The van der Waals surface area contributed by atoms with Gasteiger partial charge in [-0.3, -0.25) is 14.5 Å². The van der Waals surface area contributed by atoms with Crippen molar-refractivity contribution in [2.24, 2.45) is 0 Å². The van der Waals surface area contributed by atoms with Crippen LogP contribution in [0.2, 0.25) is 0 Å². The normalized spacial score (nSPS) is 18.5. The van der Waals surface area contributed by atoms with Crippen LogP contribution in [0.4, 0.5) is 5.69 Å². The van der Waals surface area contributed by atoms with Gasteiger partial charge in [-0.25, -0.2) is 8.42 Å². The molecule has 2 amide bonds. The number of hydrogen-bond donors (Lipinski definition) is 1. The third kappa shape index (κ3) is 5.09. The minimum atomic E-state index is -3.55. The molecule has 1 aromatic carbocycles. The zero-order valence-electron chi connectivity index (χ0n) is 15.1. The first-order chi connectivity index (χ1) is 13.4. The molecule has 152 valence electrons. The predicted octanol–water partition coefficient (Wildman–Crippen LogP) is 1.29. The summed E-state index contributed by atoms with van der Waals surface area (Å²) in [5, 5.41) is 2.74. The van der Waals surface area contributed by atoms with Gasteiger partial charge >= 0.3 is 0 Å². The minimum Gasteiger partial charge on any atom is -0.379 e. The zero-order valence-corrected chi connectivity index (χ0v) is 17.6. The van der Waals surface area contributed by atoms with Crippen molar-refractivity contribution in [3.63, 3.8) is 0 Å². The molecule has 0 radical (unpaired) electrons. The van der Waals surface area contributed by atoms with Crippen molar-refractivity contribution >= 4 is 55.8 Å². The van der Waals surface area contributed by atoms with E-state index >= 15 is 0 Å². The fourth-order valence-electron chi connectivity index (χ4n) is 2.86. The van der Waals surface area contributed by atoms with Gasteiger partial charge in [-0.1, -0.05) is 24.0 Å². The van der Waals surface area contributed by atoms with E-state index in [9.17, 15) is 18.0 Å². The fraction of sp³-hybridized carbons (Fsp3) is 0.471. The van der Waals surface area contributed by atoms with Gasteiger partial charge in [-0.2, -0.15) is 4.31 Å². The first kappa shape index (κ1) is 21.2. The zero-order chi connectivity index (χ0) is 20.1. The van der Waals surface area contributed by atoms with Crippen LogP contribution < -0.4 is 5.32 Å². The van der Waals surface area contributed by atoms with Crippen molar-refractivity contribution < 1.29 is 22.7 Å². The number of hydrogen-bond acceptors (Lipinski definition) is 7. The summed E-state index contributed by atoms with van der Waals surface area (Å²) >= 11 is 6.44. The minimum absolute atomic E-state index is 0.0209. The van der Waals surface area contributed by atoms with Crippen LogP contribution in [0.3, 0.4) is 0 Å². The summed E-state index contributed by atoms with van der Waals surface area (Å²) in [5.74, 6) is 0.145. The highest BCUT2D eigenvalue weighted by atomic mass is 32.2. The Kier molecular flexibility index (Phi) is 7.05. The molecule has 1 aromatic rings. The van der Waals surface area contributed by atoms with Gasteiger partial charge in [-0.05, 0) is 30.7 Å². The Labute approximate surface area is 173 Å². The number of thioether (sulfide) groups is 1. The molecule has 0 atom stereocenters. The predicted molar refractivity (Wildman–Crippen MR) is 111 cm³/mol. The van der Waals surface area contributed by atoms with E-state index in [1.54, 1.807) is 12.1 Å². The first-order valence-corrected chi connectivity index (χ1v) is 11.7. The summed E-state index contributed by atoms with van der Waals surface area (Å²) in [5.41, 5.74) is 0.522. The molecule has 0 spiro atoms. The summed E-state index contributed by atoms with van der Waals surface area (Å²) < 4.78 is 32.3. The number of amides is 2. The Morgan fingerprint density at radius 2 is 1.89 bits per heavy atom. The lowest BCUT2D eigenvalue weighted by molar-refractivity contribution is -0.124. The van der Waals surface area contributed by atoms with Crippen LogP contribution in [0.5, 0.6) is 0 Å². The number of nitrogens with zero attached hydrogens (tertiary/aromatic N) is 2. The smallest absolute Gasteiger partial charge is 0.243 e. The molecule has 2 aliphatic heterocycles. The fourth-order valence-corrected chi connectivity index (χ4v) is 5.39. The second kappa shape index (κ2) is 9.31. The second-order valence-electron chi connectivity index (χ2n) is 6.29. The van der Waals surface area contributed by atoms with Crippen LogP contribution in [0.25, 0.3) is 0 Å². The maximum Gasteiger partial charge on any atom is 0.243 e. The number of anilines is 1. The van der Waals surface area contributed by atoms with Gasteiger partial charge in [0.2, 0.25) is 21.8 Å². The van der Waals surface area contributed by atoms with Gasteiger partial charge in [0.25, 0.3) is 0 Å².